The molecule has 0 spiro atoms. The van der Waals surface area contributed by atoms with Crippen molar-refractivity contribution in [2.75, 3.05) is 0 Å². The summed E-state index contributed by atoms with van der Waals surface area (Å²) >= 11 is 0. The lowest BCUT2D eigenvalue weighted by molar-refractivity contribution is 0.898. The Morgan fingerprint density at radius 2 is 0.605 bits per heavy atom. The van der Waals surface area contributed by atoms with Crippen LogP contribution in [-0.4, -0.2) is 31.2 Å². The molecule has 0 atom stereocenters. The molecule has 0 saturated heterocycles. The van der Waals surface area contributed by atoms with Crippen LogP contribution < -0.4 is 47.2 Å². The molecule has 0 bridgehead atoms. The van der Waals surface area contributed by atoms with Crippen molar-refractivity contribution in [3.8, 4) is 0 Å². The number of aromatic nitrogens is 2. The maximum Gasteiger partial charge on any atom is 0.205 e. The third-order valence-corrected chi connectivity index (χ3v) is 25.0. The summed E-state index contributed by atoms with van der Waals surface area (Å²) in [6.45, 7) is 0.546. The second kappa shape index (κ2) is 19.8. The molecule has 0 unspecified atom stereocenters. The van der Waals surface area contributed by atoms with Gasteiger partial charge in [0.1, 0.15) is 0 Å². The Labute approximate surface area is 445 Å². The number of allylic oxidation sites excluding steroid dienone is 1. The third-order valence-electron chi connectivity index (χ3n) is 15.5. The molecule has 6 heteroatoms. The van der Waals surface area contributed by atoms with Gasteiger partial charge in [0.05, 0.1) is 16.7 Å². The van der Waals surface area contributed by atoms with Gasteiger partial charge in [0, 0.05) is 39.1 Å². The van der Waals surface area contributed by atoms with E-state index in [1.807, 2.05) is 0 Å². The number of hydrogen-bond donors (Lipinski definition) is 1. The average molecular weight is 1010 g/mol. The smallest absolute Gasteiger partial charge is 0.205 e. The molecule has 76 heavy (non-hydrogen) atoms. The Morgan fingerprint density at radius 1 is 0.329 bits per heavy atom. The van der Waals surface area contributed by atoms with Gasteiger partial charge >= 0.3 is 0 Å². The first-order chi connectivity index (χ1) is 37.6. The summed E-state index contributed by atoms with van der Waals surface area (Å²) in [6.07, 6.45) is 2.32. The quantitative estimate of drug-likeness (QED) is 0.0564. The van der Waals surface area contributed by atoms with E-state index in [9.17, 15) is 0 Å². The molecule has 0 aliphatic rings. The SMILES string of the molecule is NC(=N/C(=C\Cn1c2ccccc2c2ccccc21)c1cc([Si](c2ccccc2)(c2ccccc2)c2ccccc2)cc([Si](c2ccccc2)(c2ccccc2)c2ccccc2)c1)n1c2ccccc2c2ccccc21. The Balaban J connectivity index is 1.19. The van der Waals surface area contributed by atoms with Crippen LogP contribution in [0.25, 0.3) is 49.3 Å². The maximum absolute atomic E-state index is 7.62. The van der Waals surface area contributed by atoms with Crippen molar-refractivity contribution in [3.63, 3.8) is 0 Å². The monoisotopic (exact) mass is 1010 g/mol. The molecule has 0 aliphatic carbocycles. The van der Waals surface area contributed by atoms with Crippen LogP contribution in [0.3, 0.4) is 0 Å². The first kappa shape index (κ1) is 46.5. The van der Waals surface area contributed by atoms with Gasteiger partial charge < -0.3 is 10.3 Å². The van der Waals surface area contributed by atoms with Gasteiger partial charge in [0.15, 0.2) is 16.1 Å². The van der Waals surface area contributed by atoms with Crippen LogP contribution in [0.2, 0.25) is 0 Å². The maximum atomic E-state index is 7.62. The molecule has 13 rings (SSSR count). The molecule has 0 aliphatic heterocycles. The van der Waals surface area contributed by atoms with Gasteiger partial charge in [-0.1, -0.05) is 273 Å². The summed E-state index contributed by atoms with van der Waals surface area (Å²) < 4.78 is 4.56. The second-order valence-electron chi connectivity index (χ2n) is 19.6. The van der Waals surface area contributed by atoms with E-state index in [0.29, 0.717) is 12.5 Å². The zero-order valence-corrected chi connectivity index (χ0v) is 44.0. The van der Waals surface area contributed by atoms with Crippen molar-refractivity contribution < 1.29 is 0 Å². The molecular formula is C70H54N4Si2. The van der Waals surface area contributed by atoms with E-state index < -0.39 is 16.1 Å². The summed E-state index contributed by atoms with van der Waals surface area (Å²) in [6, 6.07) is 110. The molecule has 11 aromatic carbocycles. The van der Waals surface area contributed by atoms with E-state index in [4.69, 9.17) is 10.7 Å². The molecule has 0 fully saturated rings. The first-order valence-corrected chi connectivity index (χ1v) is 30.1. The number of rotatable bonds is 12. The van der Waals surface area contributed by atoms with Gasteiger partial charge in [-0.15, -0.1) is 0 Å². The van der Waals surface area contributed by atoms with Crippen molar-refractivity contribution in [1.29, 1.82) is 0 Å². The van der Waals surface area contributed by atoms with E-state index in [1.165, 1.54) is 63.3 Å². The largest absolute Gasteiger partial charge is 0.369 e. The highest BCUT2D eigenvalue weighted by atomic mass is 28.3. The minimum Gasteiger partial charge on any atom is -0.369 e. The number of hydrogen-bond acceptors (Lipinski definition) is 1. The van der Waals surface area contributed by atoms with Crippen LogP contribution in [0.1, 0.15) is 5.56 Å². The van der Waals surface area contributed by atoms with E-state index in [0.717, 1.165) is 33.1 Å². The Kier molecular flexibility index (Phi) is 12.1. The van der Waals surface area contributed by atoms with Gasteiger partial charge in [-0.3, -0.25) is 4.57 Å². The average Bonchev–Trinajstić information content (AvgIpc) is 4.03. The Hall–Kier alpha value is -9.34. The summed E-state index contributed by atoms with van der Waals surface area (Å²) in [5.74, 6) is 0.396. The minimum atomic E-state index is -3.20. The summed E-state index contributed by atoms with van der Waals surface area (Å²) in [4.78, 5) is 5.77. The van der Waals surface area contributed by atoms with Gasteiger partial charge in [-0.25, -0.2) is 4.99 Å². The zero-order valence-electron chi connectivity index (χ0n) is 42.0. The Bertz CT molecular complexity index is 3800. The molecular weight excluding hydrogens is 953 g/mol. The van der Waals surface area contributed by atoms with Gasteiger partial charge in [0.25, 0.3) is 0 Å². The molecule has 2 N–H and O–H groups in total. The van der Waals surface area contributed by atoms with E-state index >= 15 is 0 Å². The summed E-state index contributed by atoms with van der Waals surface area (Å²) in [7, 11) is -6.40. The van der Waals surface area contributed by atoms with E-state index in [1.54, 1.807) is 0 Å². The normalized spacial score (nSPS) is 12.5. The van der Waals surface area contributed by atoms with Crippen molar-refractivity contribution in [3.05, 3.63) is 309 Å². The fraction of sp³-hybridized carbons (Fsp3) is 0.0143. The van der Waals surface area contributed by atoms with Crippen molar-refractivity contribution in [2.24, 2.45) is 10.7 Å². The van der Waals surface area contributed by atoms with Crippen molar-refractivity contribution in [2.45, 2.75) is 6.54 Å². The predicted octanol–water partition coefficient (Wildman–Crippen LogP) is 10.6. The third kappa shape index (κ3) is 7.77. The molecule has 0 amide bonds. The van der Waals surface area contributed by atoms with Crippen LogP contribution >= 0.6 is 0 Å². The zero-order chi connectivity index (χ0) is 50.9. The lowest BCUT2D eigenvalue weighted by Gasteiger charge is -2.38. The lowest BCUT2D eigenvalue weighted by Crippen LogP contribution is -2.78. The summed E-state index contributed by atoms with van der Waals surface area (Å²) in [5.41, 5.74) is 13.8. The highest BCUT2D eigenvalue weighted by molar-refractivity contribution is 7.22. The highest BCUT2D eigenvalue weighted by Crippen LogP contribution is 2.32. The van der Waals surface area contributed by atoms with Crippen LogP contribution in [0.5, 0.6) is 0 Å². The number of nitrogens with zero attached hydrogens (tertiary/aromatic N) is 3. The highest BCUT2D eigenvalue weighted by Gasteiger charge is 2.46. The van der Waals surface area contributed by atoms with Crippen molar-refractivity contribution >= 4 is 113 Å². The molecule has 0 saturated carbocycles. The topological polar surface area (TPSA) is 48.2 Å². The molecule has 13 aromatic rings. The molecule has 2 heterocycles. The van der Waals surface area contributed by atoms with Crippen LogP contribution in [0, 0.1) is 0 Å². The first-order valence-electron chi connectivity index (χ1n) is 26.1. The number of nitrogens with two attached hydrogens (primary N) is 1. The van der Waals surface area contributed by atoms with Crippen LogP contribution in [0.4, 0.5) is 0 Å². The van der Waals surface area contributed by atoms with E-state index in [-0.39, 0.29) is 0 Å². The van der Waals surface area contributed by atoms with Crippen molar-refractivity contribution in [1.82, 2.24) is 9.13 Å². The molecule has 0 radical (unpaired) electrons. The number of para-hydroxylation sites is 4. The van der Waals surface area contributed by atoms with Crippen LogP contribution in [-0.2, 0) is 6.54 Å². The molecule has 4 nitrogen and oxygen atoms in total. The van der Waals surface area contributed by atoms with Crippen LogP contribution in [0.15, 0.2) is 308 Å². The second-order valence-corrected chi connectivity index (χ2v) is 27.2. The fourth-order valence-electron chi connectivity index (χ4n) is 12.3. The molecule has 2 aromatic heterocycles. The van der Waals surface area contributed by atoms with E-state index in [2.05, 4.69) is 312 Å². The number of aliphatic imine (C=N–C) groups is 1. The van der Waals surface area contributed by atoms with Gasteiger partial charge in [0.2, 0.25) is 5.96 Å². The Morgan fingerprint density at radius 3 is 0.934 bits per heavy atom. The number of benzene rings is 11. The molecule has 362 valence electrons. The predicted molar refractivity (Wildman–Crippen MR) is 328 cm³/mol. The van der Waals surface area contributed by atoms with Gasteiger partial charge in [-0.2, -0.15) is 0 Å². The number of fused-ring (bicyclic) bond motifs is 6. The standard InChI is InChI=1S/C70H54N4Si2/c71-70(74-68-45-25-21-41-63(68)64-42-22-26-46-69(64)74)72-65(47-48-73-66-43-23-19-39-61(66)62-40-20-24-44-67(62)73)52-49-59(75(53-27-7-1-8-28-53,54-29-9-2-10-30-54)55-31-11-3-12-32-55)51-60(50-52)76(56-33-13-4-14-34-56,57-35-15-5-16-36-57)58-37-17-6-18-38-58/h1-47,49-51H,48H2,(H2,71,72)/b65-47-. The summed E-state index contributed by atoms with van der Waals surface area (Å²) in [5, 5.41) is 15.0. The minimum absolute atomic E-state index is 0.396. The fourth-order valence-corrected chi connectivity index (χ4v) is 22.1. The van der Waals surface area contributed by atoms with Gasteiger partial charge in [-0.05, 0) is 77.4 Å². The lowest BCUT2D eigenvalue weighted by atomic mass is 10.1.